The Labute approximate surface area is 142 Å². The minimum atomic E-state index is -0.102. The van der Waals surface area contributed by atoms with E-state index in [0.717, 1.165) is 36.1 Å². The molecule has 6 heteroatoms. The molecule has 3 rings (SSSR count). The number of hydrogen-bond acceptors (Lipinski definition) is 4. The second kappa shape index (κ2) is 7.03. The largest absolute Gasteiger partial charge is 0.357 e. The number of aromatic nitrogens is 3. The maximum atomic E-state index is 12.2. The van der Waals surface area contributed by atoms with Gasteiger partial charge in [0.2, 0.25) is 0 Å². The fourth-order valence-electron chi connectivity index (χ4n) is 2.95. The molecule has 1 N–H and O–H groups in total. The summed E-state index contributed by atoms with van der Waals surface area (Å²) in [6, 6.07) is 4.09. The van der Waals surface area contributed by atoms with Gasteiger partial charge in [0.15, 0.2) is 0 Å². The lowest BCUT2D eigenvalue weighted by Crippen LogP contribution is -2.33. The Hall–Kier alpha value is -2.37. The molecule has 0 unspecified atom stereocenters. The Morgan fingerprint density at radius 3 is 2.62 bits per heavy atom. The van der Waals surface area contributed by atoms with Gasteiger partial charge in [0.1, 0.15) is 5.82 Å². The first kappa shape index (κ1) is 16.5. The zero-order valence-electron chi connectivity index (χ0n) is 14.6. The first-order valence-electron chi connectivity index (χ1n) is 8.51. The molecule has 0 bridgehead atoms. The molecular weight excluding hydrogens is 302 g/mol. The third kappa shape index (κ3) is 3.58. The van der Waals surface area contributed by atoms with Crippen LogP contribution in [0.5, 0.6) is 0 Å². The molecule has 3 heterocycles. The average molecular weight is 327 g/mol. The van der Waals surface area contributed by atoms with Gasteiger partial charge in [0, 0.05) is 38.6 Å². The number of hydrogen-bond donors (Lipinski definition) is 1. The van der Waals surface area contributed by atoms with Crippen molar-refractivity contribution in [2.24, 2.45) is 13.0 Å². The van der Waals surface area contributed by atoms with Crippen molar-refractivity contribution in [2.45, 2.75) is 33.2 Å². The van der Waals surface area contributed by atoms with Crippen LogP contribution in [0.4, 0.5) is 5.82 Å². The molecule has 1 amide bonds. The molecule has 0 aromatic carbocycles. The zero-order valence-corrected chi connectivity index (χ0v) is 14.6. The van der Waals surface area contributed by atoms with Crippen molar-refractivity contribution < 1.29 is 4.79 Å². The normalized spacial score (nSPS) is 15.5. The molecule has 6 nitrogen and oxygen atoms in total. The Morgan fingerprint density at radius 1 is 1.29 bits per heavy atom. The Balaban J connectivity index is 1.56. The van der Waals surface area contributed by atoms with Crippen LogP contribution in [-0.4, -0.2) is 33.8 Å². The monoisotopic (exact) mass is 327 g/mol. The summed E-state index contributed by atoms with van der Waals surface area (Å²) in [7, 11) is 1.83. The second-order valence-electron chi connectivity index (χ2n) is 6.64. The minimum Gasteiger partial charge on any atom is -0.357 e. The van der Waals surface area contributed by atoms with E-state index in [4.69, 9.17) is 0 Å². The highest BCUT2D eigenvalue weighted by Crippen LogP contribution is 2.21. The molecule has 0 aliphatic carbocycles. The molecule has 1 saturated heterocycles. The van der Waals surface area contributed by atoms with Gasteiger partial charge in [-0.05, 0) is 37.3 Å². The van der Waals surface area contributed by atoms with Gasteiger partial charge in [-0.15, -0.1) is 0 Å². The fraction of sp³-hybridized carbons (Fsp3) is 0.500. The van der Waals surface area contributed by atoms with Crippen LogP contribution in [-0.2, 0) is 13.6 Å². The van der Waals surface area contributed by atoms with Gasteiger partial charge in [-0.3, -0.25) is 9.48 Å². The van der Waals surface area contributed by atoms with Crippen LogP contribution >= 0.6 is 0 Å². The number of nitrogens with one attached hydrogen (secondary N) is 1. The highest BCUT2D eigenvalue weighted by atomic mass is 16.1. The standard InChI is InChI=1S/C18H25N5O/c1-13-6-8-23(9-7-13)17-5-4-15(10-19-17)11-20-18(24)16-12-21-22(3)14(16)2/h4-5,10,12-13H,6-9,11H2,1-3H3,(H,20,24). The molecule has 0 radical (unpaired) electrons. The van der Waals surface area contributed by atoms with E-state index in [1.54, 1.807) is 10.9 Å². The summed E-state index contributed by atoms with van der Waals surface area (Å²) in [5.74, 6) is 1.74. The van der Waals surface area contributed by atoms with Crippen molar-refractivity contribution in [3.63, 3.8) is 0 Å². The Morgan fingerprint density at radius 2 is 2.04 bits per heavy atom. The number of amides is 1. The molecule has 1 aliphatic heterocycles. The third-order valence-electron chi connectivity index (χ3n) is 4.85. The highest BCUT2D eigenvalue weighted by Gasteiger charge is 2.17. The molecule has 0 atom stereocenters. The van der Waals surface area contributed by atoms with Crippen molar-refractivity contribution in [2.75, 3.05) is 18.0 Å². The van der Waals surface area contributed by atoms with Gasteiger partial charge in [-0.25, -0.2) is 4.98 Å². The molecule has 1 fully saturated rings. The fourth-order valence-corrected chi connectivity index (χ4v) is 2.95. The maximum absolute atomic E-state index is 12.2. The molecule has 128 valence electrons. The van der Waals surface area contributed by atoms with Crippen molar-refractivity contribution in [1.82, 2.24) is 20.1 Å². The van der Waals surface area contributed by atoms with Crippen LogP contribution in [0.2, 0.25) is 0 Å². The molecular formula is C18H25N5O. The SMILES string of the molecule is Cc1c(C(=O)NCc2ccc(N3CCC(C)CC3)nc2)cnn1C. The van der Waals surface area contributed by atoms with E-state index in [-0.39, 0.29) is 5.91 Å². The van der Waals surface area contributed by atoms with Crippen molar-refractivity contribution >= 4 is 11.7 Å². The van der Waals surface area contributed by atoms with E-state index >= 15 is 0 Å². The van der Waals surface area contributed by atoms with Gasteiger partial charge in [-0.1, -0.05) is 13.0 Å². The lowest BCUT2D eigenvalue weighted by molar-refractivity contribution is 0.0950. The van der Waals surface area contributed by atoms with Crippen molar-refractivity contribution in [3.8, 4) is 0 Å². The number of piperidine rings is 1. The number of nitrogens with zero attached hydrogens (tertiary/aromatic N) is 4. The zero-order chi connectivity index (χ0) is 17.1. The molecule has 0 spiro atoms. The van der Waals surface area contributed by atoms with E-state index in [2.05, 4.69) is 27.2 Å². The predicted octanol–water partition coefficient (Wildman–Crippen LogP) is 2.29. The first-order valence-corrected chi connectivity index (χ1v) is 8.51. The summed E-state index contributed by atoms with van der Waals surface area (Å²) in [5.41, 5.74) is 2.48. The highest BCUT2D eigenvalue weighted by molar-refractivity contribution is 5.94. The van der Waals surface area contributed by atoms with E-state index in [1.165, 1.54) is 12.8 Å². The maximum Gasteiger partial charge on any atom is 0.255 e. The topological polar surface area (TPSA) is 63.1 Å². The summed E-state index contributed by atoms with van der Waals surface area (Å²) >= 11 is 0. The summed E-state index contributed by atoms with van der Waals surface area (Å²) in [4.78, 5) is 19.1. The van der Waals surface area contributed by atoms with E-state index < -0.39 is 0 Å². The number of carbonyl (C=O) groups excluding carboxylic acids is 1. The first-order chi connectivity index (χ1) is 11.5. The predicted molar refractivity (Wildman–Crippen MR) is 94.0 cm³/mol. The van der Waals surface area contributed by atoms with Crippen LogP contribution in [0.15, 0.2) is 24.5 Å². The van der Waals surface area contributed by atoms with E-state index in [9.17, 15) is 4.79 Å². The number of aryl methyl sites for hydroxylation is 1. The number of rotatable bonds is 4. The summed E-state index contributed by atoms with van der Waals surface area (Å²) in [6.07, 6.45) is 5.90. The van der Waals surface area contributed by atoms with Crippen LogP contribution in [0, 0.1) is 12.8 Å². The number of pyridine rings is 1. The van der Waals surface area contributed by atoms with Crippen LogP contribution in [0.3, 0.4) is 0 Å². The average Bonchev–Trinajstić information content (AvgIpc) is 2.93. The summed E-state index contributed by atoms with van der Waals surface area (Å²) < 4.78 is 1.70. The van der Waals surface area contributed by atoms with Gasteiger partial charge < -0.3 is 10.2 Å². The van der Waals surface area contributed by atoms with Gasteiger partial charge in [-0.2, -0.15) is 5.10 Å². The second-order valence-corrected chi connectivity index (χ2v) is 6.64. The third-order valence-corrected chi connectivity index (χ3v) is 4.85. The quantitative estimate of drug-likeness (QED) is 0.936. The number of anilines is 1. The Kier molecular flexibility index (Phi) is 4.83. The molecule has 24 heavy (non-hydrogen) atoms. The van der Waals surface area contributed by atoms with Gasteiger partial charge in [0.05, 0.1) is 11.8 Å². The molecule has 2 aromatic rings. The smallest absolute Gasteiger partial charge is 0.255 e. The van der Waals surface area contributed by atoms with Gasteiger partial charge in [0.25, 0.3) is 5.91 Å². The molecule has 1 aliphatic rings. The van der Waals surface area contributed by atoms with Gasteiger partial charge >= 0.3 is 0 Å². The Bertz CT molecular complexity index is 699. The minimum absolute atomic E-state index is 0.102. The van der Waals surface area contributed by atoms with Crippen LogP contribution in [0.25, 0.3) is 0 Å². The van der Waals surface area contributed by atoms with Crippen LogP contribution in [0.1, 0.15) is 41.4 Å². The van der Waals surface area contributed by atoms with Crippen LogP contribution < -0.4 is 10.2 Å². The van der Waals surface area contributed by atoms with E-state index in [0.29, 0.717) is 12.1 Å². The summed E-state index contributed by atoms with van der Waals surface area (Å²) in [5, 5.41) is 7.03. The molecule has 2 aromatic heterocycles. The van der Waals surface area contributed by atoms with E-state index in [1.807, 2.05) is 32.3 Å². The lowest BCUT2D eigenvalue weighted by Gasteiger charge is -2.31. The number of carbonyl (C=O) groups is 1. The lowest BCUT2D eigenvalue weighted by atomic mass is 9.99. The van der Waals surface area contributed by atoms with Crippen molar-refractivity contribution in [3.05, 3.63) is 41.3 Å². The molecule has 0 saturated carbocycles. The summed E-state index contributed by atoms with van der Waals surface area (Å²) in [6.45, 7) is 6.81. The van der Waals surface area contributed by atoms with Crippen molar-refractivity contribution in [1.29, 1.82) is 0 Å².